The average Bonchev–Trinajstić information content (AvgIpc) is 2.26. The van der Waals surface area contributed by atoms with E-state index in [0.717, 1.165) is 5.56 Å². The summed E-state index contributed by atoms with van der Waals surface area (Å²) >= 11 is 0. The lowest BCUT2D eigenvalue weighted by molar-refractivity contribution is 0.0702. The van der Waals surface area contributed by atoms with Crippen LogP contribution in [-0.2, 0) is 10.2 Å². The van der Waals surface area contributed by atoms with Crippen molar-refractivity contribution in [2.45, 2.75) is 51.8 Å². The molecule has 6 nitrogen and oxygen atoms in total. The topological polar surface area (TPSA) is 93.5 Å². The van der Waals surface area contributed by atoms with Gasteiger partial charge in [0.25, 0.3) is 10.2 Å². The van der Waals surface area contributed by atoms with Crippen LogP contribution in [0.25, 0.3) is 0 Å². The average molecular weight is 313 g/mol. The zero-order valence-corrected chi connectivity index (χ0v) is 13.6. The van der Waals surface area contributed by atoms with E-state index in [2.05, 4.69) is 9.44 Å². The van der Waals surface area contributed by atoms with Gasteiger partial charge in [0.1, 0.15) is 11.4 Å². The van der Waals surface area contributed by atoms with Gasteiger partial charge in [-0.2, -0.15) is 17.9 Å². The van der Waals surface area contributed by atoms with Crippen LogP contribution in [0.4, 0.5) is 5.69 Å². The lowest BCUT2D eigenvalue weighted by atomic mass is 9.90. The van der Waals surface area contributed by atoms with E-state index in [0.29, 0.717) is 17.9 Å². The normalized spacial score (nSPS) is 20.9. The van der Waals surface area contributed by atoms with Gasteiger partial charge in [0.15, 0.2) is 0 Å². The van der Waals surface area contributed by atoms with Crippen molar-refractivity contribution in [3.05, 3.63) is 23.8 Å². The van der Waals surface area contributed by atoms with Crippen molar-refractivity contribution in [2.75, 3.05) is 5.73 Å². The van der Waals surface area contributed by atoms with E-state index in [9.17, 15) is 8.42 Å². The van der Waals surface area contributed by atoms with E-state index < -0.39 is 15.8 Å². The largest absolute Gasteiger partial charge is 0.487 e. The second-order valence-electron chi connectivity index (χ2n) is 6.31. The summed E-state index contributed by atoms with van der Waals surface area (Å²) in [7, 11) is -3.58. The number of hydrogen-bond acceptors (Lipinski definition) is 4. The van der Waals surface area contributed by atoms with Gasteiger partial charge in [0.2, 0.25) is 0 Å². The number of rotatable bonds is 4. The monoisotopic (exact) mass is 313 g/mol. The number of ether oxygens (including phenoxy) is 1. The van der Waals surface area contributed by atoms with Gasteiger partial charge in [-0.3, -0.25) is 0 Å². The van der Waals surface area contributed by atoms with Gasteiger partial charge in [-0.15, -0.1) is 0 Å². The molecule has 7 heteroatoms. The SMILES string of the molecule is CC(C)NS(=O)(=O)NC1CC(C)(C)Oc2ccc(N)cc21. The number of nitrogen functional groups attached to an aromatic ring is 1. The van der Waals surface area contributed by atoms with Gasteiger partial charge >= 0.3 is 0 Å². The summed E-state index contributed by atoms with van der Waals surface area (Å²) in [6.45, 7) is 7.42. The highest BCUT2D eigenvalue weighted by atomic mass is 32.2. The maximum Gasteiger partial charge on any atom is 0.277 e. The zero-order chi connectivity index (χ0) is 15.8. The second-order valence-corrected chi connectivity index (χ2v) is 7.79. The zero-order valence-electron chi connectivity index (χ0n) is 12.8. The first-order chi connectivity index (χ1) is 9.58. The molecule has 4 N–H and O–H groups in total. The molecular formula is C14H23N3O3S. The summed E-state index contributed by atoms with van der Waals surface area (Å²) in [6, 6.07) is 4.74. The van der Waals surface area contributed by atoms with Gasteiger partial charge in [-0.25, -0.2) is 0 Å². The number of hydrogen-bond donors (Lipinski definition) is 3. The molecule has 1 unspecified atom stereocenters. The predicted octanol–water partition coefficient (Wildman–Crippen LogP) is 1.70. The van der Waals surface area contributed by atoms with Crippen LogP contribution in [0.2, 0.25) is 0 Å². The minimum Gasteiger partial charge on any atom is -0.487 e. The molecule has 1 heterocycles. The predicted molar refractivity (Wildman–Crippen MR) is 83.2 cm³/mol. The Morgan fingerprint density at radius 1 is 1.38 bits per heavy atom. The molecule has 21 heavy (non-hydrogen) atoms. The van der Waals surface area contributed by atoms with E-state index in [4.69, 9.17) is 10.5 Å². The van der Waals surface area contributed by atoms with E-state index in [-0.39, 0.29) is 12.1 Å². The molecule has 0 radical (unpaired) electrons. The maximum absolute atomic E-state index is 12.1. The third-order valence-corrected chi connectivity index (χ3v) is 4.56. The fraction of sp³-hybridized carbons (Fsp3) is 0.571. The first-order valence-corrected chi connectivity index (χ1v) is 8.44. The molecule has 1 aliphatic rings. The fourth-order valence-electron chi connectivity index (χ4n) is 2.51. The van der Waals surface area contributed by atoms with Crippen LogP contribution < -0.4 is 19.9 Å². The lowest BCUT2D eigenvalue weighted by Crippen LogP contribution is -2.46. The molecule has 2 rings (SSSR count). The summed E-state index contributed by atoms with van der Waals surface area (Å²) in [6.07, 6.45) is 0.530. The first-order valence-electron chi connectivity index (χ1n) is 6.96. The van der Waals surface area contributed by atoms with Crippen LogP contribution in [0.15, 0.2) is 18.2 Å². The summed E-state index contributed by atoms with van der Waals surface area (Å²) in [4.78, 5) is 0. The Morgan fingerprint density at radius 2 is 2.05 bits per heavy atom. The molecule has 0 saturated heterocycles. The first kappa shape index (κ1) is 16.1. The van der Waals surface area contributed by atoms with Crippen molar-refractivity contribution in [1.29, 1.82) is 0 Å². The number of nitrogens with two attached hydrogens (primary N) is 1. The highest BCUT2D eigenvalue weighted by Gasteiger charge is 2.35. The molecule has 0 spiro atoms. The smallest absolute Gasteiger partial charge is 0.277 e. The van der Waals surface area contributed by atoms with Crippen LogP contribution in [0.5, 0.6) is 5.75 Å². The Labute approximate surface area is 126 Å². The van der Waals surface area contributed by atoms with Crippen molar-refractivity contribution in [3.8, 4) is 5.75 Å². The second kappa shape index (κ2) is 5.47. The highest BCUT2D eigenvalue weighted by Crippen LogP contribution is 2.40. The Bertz CT molecular complexity index is 626. The van der Waals surface area contributed by atoms with Crippen molar-refractivity contribution in [2.24, 2.45) is 0 Å². The number of benzene rings is 1. The number of fused-ring (bicyclic) bond motifs is 1. The molecule has 118 valence electrons. The minimum atomic E-state index is -3.58. The van der Waals surface area contributed by atoms with E-state index in [1.54, 1.807) is 32.0 Å². The molecule has 1 aromatic rings. The van der Waals surface area contributed by atoms with Gasteiger partial charge < -0.3 is 10.5 Å². The Balaban J connectivity index is 2.33. The van der Waals surface area contributed by atoms with E-state index in [1.165, 1.54) is 0 Å². The maximum atomic E-state index is 12.1. The molecule has 0 bridgehead atoms. The van der Waals surface area contributed by atoms with Crippen molar-refractivity contribution >= 4 is 15.9 Å². The standard InChI is InChI=1S/C14H23N3O3S/c1-9(2)16-21(18,19)17-12-8-14(3,4)20-13-6-5-10(15)7-11(12)13/h5-7,9,12,16-17H,8,15H2,1-4H3. The highest BCUT2D eigenvalue weighted by molar-refractivity contribution is 7.87. The third-order valence-electron chi connectivity index (χ3n) is 3.18. The van der Waals surface area contributed by atoms with Crippen molar-refractivity contribution < 1.29 is 13.2 Å². The minimum absolute atomic E-state index is 0.171. The summed E-state index contributed by atoms with van der Waals surface area (Å²) in [5.74, 6) is 0.665. The number of anilines is 1. The van der Waals surface area contributed by atoms with E-state index >= 15 is 0 Å². The Hall–Kier alpha value is -1.31. The van der Waals surface area contributed by atoms with Crippen LogP contribution in [0.1, 0.15) is 45.7 Å². The van der Waals surface area contributed by atoms with Crippen LogP contribution >= 0.6 is 0 Å². The molecule has 0 fully saturated rings. The molecule has 1 atom stereocenters. The van der Waals surface area contributed by atoms with Crippen LogP contribution in [-0.4, -0.2) is 20.1 Å². The molecule has 0 saturated carbocycles. The Kier molecular flexibility index (Phi) is 4.19. The summed E-state index contributed by atoms with van der Waals surface area (Å²) in [5.41, 5.74) is 6.71. The van der Waals surface area contributed by atoms with Crippen molar-refractivity contribution in [3.63, 3.8) is 0 Å². The Morgan fingerprint density at radius 3 is 2.67 bits per heavy atom. The summed E-state index contributed by atoms with van der Waals surface area (Å²) in [5, 5.41) is 0. The van der Waals surface area contributed by atoms with Crippen molar-refractivity contribution in [1.82, 2.24) is 9.44 Å². The lowest BCUT2D eigenvalue weighted by Gasteiger charge is -2.37. The summed E-state index contributed by atoms with van der Waals surface area (Å²) < 4.78 is 35.3. The molecule has 1 aliphatic heterocycles. The van der Waals surface area contributed by atoms with E-state index in [1.807, 2.05) is 13.8 Å². The molecule has 0 aromatic heterocycles. The van der Waals surface area contributed by atoms with Crippen LogP contribution in [0.3, 0.4) is 0 Å². The molecule has 1 aromatic carbocycles. The molecule has 0 aliphatic carbocycles. The van der Waals surface area contributed by atoms with Gasteiger partial charge in [0, 0.05) is 23.7 Å². The quantitative estimate of drug-likeness (QED) is 0.738. The van der Waals surface area contributed by atoms with Crippen LogP contribution in [0, 0.1) is 0 Å². The molecular weight excluding hydrogens is 290 g/mol. The molecule has 0 amide bonds. The van der Waals surface area contributed by atoms with Gasteiger partial charge in [0.05, 0.1) is 6.04 Å². The fourth-order valence-corrected chi connectivity index (χ4v) is 3.78. The number of nitrogens with one attached hydrogen (secondary N) is 2. The third kappa shape index (κ3) is 4.09. The van der Waals surface area contributed by atoms with Gasteiger partial charge in [-0.1, -0.05) is 0 Å². The van der Waals surface area contributed by atoms with Gasteiger partial charge in [-0.05, 0) is 45.9 Å².